The Labute approximate surface area is 156 Å². The highest BCUT2D eigenvalue weighted by Crippen LogP contribution is 2.48. The predicted molar refractivity (Wildman–Crippen MR) is 101 cm³/mol. The standard InChI is InChI=1S/C20H21N5O2/c1-22-17-12-9-23-16(20(6-7-20)19(21)26)8-11(12)13(10-24-17)18-25-14-4-2-3-5-15(14)27-18/h8-10H,2-7H2,1H3,(H2,21,26)(H,22,24). The number of carbonyl (C=O) groups excluding carboxylic acids is 1. The quantitative estimate of drug-likeness (QED) is 0.738. The summed E-state index contributed by atoms with van der Waals surface area (Å²) in [6.45, 7) is 0. The van der Waals surface area contributed by atoms with Crippen molar-refractivity contribution < 1.29 is 9.21 Å². The van der Waals surface area contributed by atoms with E-state index in [0.29, 0.717) is 11.6 Å². The Balaban J connectivity index is 1.72. The summed E-state index contributed by atoms with van der Waals surface area (Å²) in [7, 11) is 1.82. The van der Waals surface area contributed by atoms with Gasteiger partial charge in [-0.25, -0.2) is 9.97 Å². The monoisotopic (exact) mass is 363 g/mol. The molecule has 0 bridgehead atoms. The van der Waals surface area contributed by atoms with E-state index in [4.69, 9.17) is 15.1 Å². The van der Waals surface area contributed by atoms with Gasteiger partial charge in [0.05, 0.1) is 22.4 Å². The molecular weight excluding hydrogens is 342 g/mol. The van der Waals surface area contributed by atoms with E-state index in [1.165, 1.54) is 0 Å². The topological polar surface area (TPSA) is 107 Å². The van der Waals surface area contributed by atoms with Gasteiger partial charge in [-0.3, -0.25) is 9.78 Å². The first-order chi connectivity index (χ1) is 13.1. The number of hydrogen-bond donors (Lipinski definition) is 2. The summed E-state index contributed by atoms with van der Waals surface area (Å²) in [6.07, 6.45) is 9.19. The van der Waals surface area contributed by atoms with Crippen molar-refractivity contribution in [1.29, 1.82) is 0 Å². The van der Waals surface area contributed by atoms with Crippen molar-refractivity contribution in [2.45, 2.75) is 43.9 Å². The number of pyridine rings is 2. The minimum absolute atomic E-state index is 0.314. The number of nitrogens with zero attached hydrogens (tertiary/aromatic N) is 3. The average Bonchev–Trinajstić information content (AvgIpc) is 3.40. The van der Waals surface area contributed by atoms with Gasteiger partial charge in [-0.05, 0) is 38.2 Å². The Kier molecular flexibility index (Phi) is 3.47. The van der Waals surface area contributed by atoms with Crippen molar-refractivity contribution in [3.8, 4) is 11.5 Å². The highest BCUT2D eigenvalue weighted by molar-refractivity contribution is 6.01. The summed E-state index contributed by atoms with van der Waals surface area (Å²) >= 11 is 0. The van der Waals surface area contributed by atoms with E-state index in [-0.39, 0.29) is 5.91 Å². The molecule has 138 valence electrons. The molecule has 0 spiro atoms. The van der Waals surface area contributed by atoms with Crippen LogP contribution in [-0.2, 0) is 23.1 Å². The Morgan fingerprint density at radius 1 is 1.19 bits per heavy atom. The summed E-state index contributed by atoms with van der Waals surface area (Å²) in [5.74, 6) is 1.98. The average molecular weight is 363 g/mol. The molecule has 0 radical (unpaired) electrons. The largest absolute Gasteiger partial charge is 0.441 e. The number of aromatic nitrogens is 3. The Morgan fingerprint density at radius 3 is 2.70 bits per heavy atom. The third-order valence-corrected chi connectivity index (χ3v) is 5.80. The van der Waals surface area contributed by atoms with Gasteiger partial charge < -0.3 is 15.5 Å². The number of amides is 1. The highest BCUT2D eigenvalue weighted by Gasteiger charge is 2.51. The number of hydrogen-bond acceptors (Lipinski definition) is 6. The normalized spacial score (nSPS) is 17.5. The van der Waals surface area contributed by atoms with Crippen molar-refractivity contribution >= 4 is 22.5 Å². The lowest BCUT2D eigenvalue weighted by molar-refractivity contribution is -0.120. The lowest BCUT2D eigenvalue weighted by atomic mass is 9.98. The maximum atomic E-state index is 12.0. The van der Waals surface area contributed by atoms with Crippen LogP contribution in [-0.4, -0.2) is 27.9 Å². The highest BCUT2D eigenvalue weighted by atomic mass is 16.4. The summed E-state index contributed by atoms with van der Waals surface area (Å²) in [5, 5.41) is 4.89. The van der Waals surface area contributed by atoms with E-state index in [1.54, 1.807) is 12.4 Å². The summed E-state index contributed by atoms with van der Waals surface area (Å²) in [4.78, 5) is 25.7. The molecule has 0 aliphatic heterocycles. The van der Waals surface area contributed by atoms with Gasteiger partial charge in [-0.15, -0.1) is 0 Å². The SMILES string of the molecule is CNc1ncc(-c2nc3c(o2)CCCC3)c2cc(C3(C(N)=O)CC3)ncc12. The number of nitrogens with two attached hydrogens (primary N) is 1. The molecule has 0 unspecified atom stereocenters. The van der Waals surface area contributed by atoms with Crippen molar-refractivity contribution in [3.63, 3.8) is 0 Å². The van der Waals surface area contributed by atoms with Crippen molar-refractivity contribution in [2.75, 3.05) is 12.4 Å². The zero-order valence-electron chi connectivity index (χ0n) is 15.2. The summed E-state index contributed by atoms with van der Waals surface area (Å²) in [6, 6.07) is 1.95. The third kappa shape index (κ3) is 2.41. The van der Waals surface area contributed by atoms with E-state index in [1.807, 2.05) is 13.1 Å². The van der Waals surface area contributed by atoms with Crippen LogP contribution in [0.2, 0.25) is 0 Å². The molecule has 2 aliphatic rings. The second kappa shape index (κ2) is 5.77. The number of rotatable bonds is 4. The van der Waals surface area contributed by atoms with Crippen molar-refractivity contribution in [3.05, 3.63) is 35.6 Å². The van der Waals surface area contributed by atoms with Gasteiger partial charge >= 0.3 is 0 Å². The molecule has 3 aromatic rings. The number of primary amides is 1. The van der Waals surface area contributed by atoms with Gasteiger partial charge in [-0.2, -0.15) is 0 Å². The van der Waals surface area contributed by atoms with E-state index in [2.05, 4.69) is 15.3 Å². The minimum atomic E-state index is -0.635. The first-order valence-corrected chi connectivity index (χ1v) is 9.38. The minimum Gasteiger partial charge on any atom is -0.441 e. The van der Waals surface area contributed by atoms with Gasteiger partial charge in [0.1, 0.15) is 11.6 Å². The van der Waals surface area contributed by atoms with Gasteiger partial charge in [0.25, 0.3) is 0 Å². The van der Waals surface area contributed by atoms with Gasteiger partial charge in [0.15, 0.2) is 0 Å². The molecule has 3 heterocycles. The van der Waals surface area contributed by atoms with Crippen LogP contribution in [0, 0.1) is 0 Å². The van der Waals surface area contributed by atoms with Crippen LogP contribution in [0.1, 0.15) is 42.8 Å². The van der Waals surface area contributed by atoms with Crippen LogP contribution < -0.4 is 11.1 Å². The Hall–Kier alpha value is -2.96. The van der Waals surface area contributed by atoms with Crippen molar-refractivity contribution in [1.82, 2.24) is 15.0 Å². The summed E-state index contributed by atoms with van der Waals surface area (Å²) in [5.41, 5.74) is 7.60. The van der Waals surface area contributed by atoms with E-state index in [0.717, 1.165) is 72.1 Å². The number of aryl methyl sites for hydroxylation is 2. The van der Waals surface area contributed by atoms with E-state index in [9.17, 15) is 4.79 Å². The smallest absolute Gasteiger partial charge is 0.229 e. The molecule has 3 N–H and O–H groups in total. The zero-order valence-corrected chi connectivity index (χ0v) is 15.2. The second-order valence-electron chi connectivity index (χ2n) is 7.43. The lowest BCUT2D eigenvalue weighted by Crippen LogP contribution is -2.29. The second-order valence-corrected chi connectivity index (χ2v) is 7.43. The lowest BCUT2D eigenvalue weighted by Gasteiger charge is -2.13. The van der Waals surface area contributed by atoms with Gasteiger partial charge in [0.2, 0.25) is 11.8 Å². The van der Waals surface area contributed by atoms with Gasteiger partial charge in [-0.1, -0.05) is 0 Å². The molecule has 0 saturated heterocycles. The number of anilines is 1. The molecular formula is C20H21N5O2. The number of nitrogens with one attached hydrogen (secondary N) is 1. The third-order valence-electron chi connectivity index (χ3n) is 5.80. The molecule has 0 aromatic carbocycles. The molecule has 3 aromatic heterocycles. The first-order valence-electron chi connectivity index (χ1n) is 9.38. The number of carbonyl (C=O) groups is 1. The van der Waals surface area contributed by atoms with Gasteiger partial charge in [0, 0.05) is 36.6 Å². The van der Waals surface area contributed by atoms with Crippen LogP contribution in [0.5, 0.6) is 0 Å². The van der Waals surface area contributed by atoms with Crippen LogP contribution in [0.3, 0.4) is 0 Å². The zero-order chi connectivity index (χ0) is 18.6. The van der Waals surface area contributed by atoms with Crippen molar-refractivity contribution in [2.24, 2.45) is 5.73 Å². The molecule has 2 aliphatic carbocycles. The van der Waals surface area contributed by atoms with Crippen LogP contribution in [0.4, 0.5) is 5.82 Å². The molecule has 1 fully saturated rings. The summed E-state index contributed by atoms with van der Waals surface area (Å²) < 4.78 is 6.08. The predicted octanol–water partition coefficient (Wildman–Crippen LogP) is 2.72. The molecule has 1 saturated carbocycles. The van der Waals surface area contributed by atoms with Crippen LogP contribution in [0.15, 0.2) is 22.9 Å². The van der Waals surface area contributed by atoms with E-state index < -0.39 is 5.41 Å². The van der Waals surface area contributed by atoms with Crippen LogP contribution in [0.25, 0.3) is 22.2 Å². The molecule has 7 nitrogen and oxygen atoms in total. The Bertz CT molecular complexity index is 1040. The molecule has 27 heavy (non-hydrogen) atoms. The maximum absolute atomic E-state index is 12.0. The molecule has 7 heteroatoms. The van der Waals surface area contributed by atoms with E-state index >= 15 is 0 Å². The maximum Gasteiger partial charge on any atom is 0.229 e. The fourth-order valence-corrected chi connectivity index (χ4v) is 3.99. The number of oxazole rings is 1. The first kappa shape index (κ1) is 16.2. The fraction of sp³-hybridized carbons (Fsp3) is 0.400. The molecule has 1 amide bonds. The fourth-order valence-electron chi connectivity index (χ4n) is 3.99. The molecule has 0 atom stereocenters. The van der Waals surface area contributed by atoms with Crippen LogP contribution >= 0.6 is 0 Å². The number of fused-ring (bicyclic) bond motifs is 2. The molecule has 5 rings (SSSR count). The Morgan fingerprint density at radius 2 is 2.00 bits per heavy atom.